The molecule has 10 nitrogen and oxygen atoms in total. The highest BCUT2D eigenvalue weighted by atomic mass is 16.5. The summed E-state index contributed by atoms with van der Waals surface area (Å²) in [4.78, 5) is 52.9. The Hall–Kier alpha value is -4.21. The van der Waals surface area contributed by atoms with Gasteiger partial charge in [0.25, 0.3) is 5.91 Å². The Labute approximate surface area is 227 Å². The number of nitrogens with zero attached hydrogens (tertiary/aromatic N) is 2. The topological polar surface area (TPSA) is 140 Å². The molecule has 3 N–H and O–H groups in total. The third-order valence-corrected chi connectivity index (χ3v) is 7.25. The molecule has 0 aliphatic carbocycles. The molecular formula is C29H34N4O6. The van der Waals surface area contributed by atoms with E-state index < -0.39 is 11.4 Å². The number of ether oxygens (including phenoxy) is 1. The first-order valence-corrected chi connectivity index (χ1v) is 13.0. The van der Waals surface area contributed by atoms with Gasteiger partial charge in [-0.25, -0.2) is 0 Å². The number of aliphatic carboxylic acids is 1. The lowest BCUT2D eigenvalue weighted by molar-refractivity contribution is -0.137. The molecule has 0 saturated heterocycles. The normalized spacial score (nSPS) is 15.6. The fourth-order valence-electron chi connectivity index (χ4n) is 5.24. The van der Waals surface area contributed by atoms with Crippen LogP contribution in [-0.2, 0) is 21.5 Å². The predicted octanol–water partition coefficient (Wildman–Crippen LogP) is 3.35. The van der Waals surface area contributed by atoms with Crippen LogP contribution in [0.15, 0.2) is 30.3 Å². The van der Waals surface area contributed by atoms with Gasteiger partial charge >= 0.3 is 5.97 Å². The van der Waals surface area contributed by atoms with E-state index in [4.69, 9.17) is 15.3 Å². The molecule has 206 valence electrons. The number of nitrogens with one attached hydrogen (secondary N) is 2. The van der Waals surface area contributed by atoms with Gasteiger partial charge in [-0.05, 0) is 54.8 Å². The quantitative estimate of drug-likeness (QED) is 0.397. The molecule has 0 aromatic heterocycles. The summed E-state index contributed by atoms with van der Waals surface area (Å²) in [6.45, 7) is 6.76. The lowest BCUT2D eigenvalue weighted by Crippen LogP contribution is -2.42. The molecule has 39 heavy (non-hydrogen) atoms. The molecule has 0 atom stereocenters. The Bertz CT molecular complexity index is 1370. The number of benzene rings is 2. The van der Waals surface area contributed by atoms with E-state index in [2.05, 4.69) is 5.32 Å². The zero-order valence-electron chi connectivity index (χ0n) is 22.7. The lowest BCUT2D eigenvalue weighted by Gasteiger charge is -2.39. The van der Waals surface area contributed by atoms with E-state index in [-0.39, 0.29) is 42.8 Å². The summed E-state index contributed by atoms with van der Waals surface area (Å²) >= 11 is 0. The van der Waals surface area contributed by atoms with Gasteiger partial charge in [0, 0.05) is 55.2 Å². The molecule has 0 unspecified atom stereocenters. The number of rotatable bonds is 10. The van der Waals surface area contributed by atoms with Crippen LogP contribution in [0.2, 0.25) is 0 Å². The fourth-order valence-corrected chi connectivity index (χ4v) is 5.24. The van der Waals surface area contributed by atoms with Crippen molar-refractivity contribution in [2.75, 3.05) is 31.6 Å². The van der Waals surface area contributed by atoms with Gasteiger partial charge in [0.15, 0.2) is 5.78 Å². The minimum Gasteiger partial charge on any atom is -0.493 e. The third-order valence-electron chi connectivity index (χ3n) is 7.25. The molecule has 2 amide bonds. The molecule has 2 heterocycles. The monoisotopic (exact) mass is 534 g/mol. The van der Waals surface area contributed by atoms with Gasteiger partial charge in [0.1, 0.15) is 11.6 Å². The van der Waals surface area contributed by atoms with Crippen LogP contribution >= 0.6 is 0 Å². The number of carboxylic acids is 1. The number of anilines is 1. The maximum absolute atomic E-state index is 13.4. The minimum absolute atomic E-state index is 0.0206. The van der Waals surface area contributed by atoms with Crippen molar-refractivity contribution in [2.45, 2.75) is 52.0 Å². The minimum atomic E-state index is -0.908. The highest BCUT2D eigenvalue weighted by Crippen LogP contribution is 2.41. The number of carbonyl (C=O) groups excluding carboxylic acids is 3. The van der Waals surface area contributed by atoms with Crippen molar-refractivity contribution in [1.82, 2.24) is 10.2 Å². The Morgan fingerprint density at radius 2 is 1.92 bits per heavy atom. The smallest absolute Gasteiger partial charge is 0.303 e. The second-order valence-electron chi connectivity index (χ2n) is 10.5. The fraction of sp³-hybridized carbons (Fsp3) is 0.414. The number of ketones is 1. The van der Waals surface area contributed by atoms with Crippen molar-refractivity contribution in [3.05, 3.63) is 58.1 Å². The summed E-state index contributed by atoms with van der Waals surface area (Å²) in [5, 5.41) is 20.3. The van der Waals surface area contributed by atoms with E-state index in [1.54, 1.807) is 34.1 Å². The van der Waals surface area contributed by atoms with Gasteiger partial charge in [-0.2, -0.15) is 0 Å². The second kappa shape index (κ2) is 10.9. The second-order valence-corrected chi connectivity index (χ2v) is 10.5. The molecule has 0 bridgehead atoms. The SMILES string of the molecule is CCOc1cc2c(cc1C(=O)NC)C(=N)N(CC(=O)c1ccc3c(c1)C(C)(C)CC(=O)N3CCCC(=O)O)C2. The van der Waals surface area contributed by atoms with E-state index >= 15 is 0 Å². The molecule has 0 saturated carbocycles. The number of fused-ring (bicyclic) bond motifs is 2. The summed E-state index contributed by atoms with van der Waals surface area (Å²) in [6, 6.07) is 8.67. The first-order valence-electron chi connectivity index (χ1n) is 13.0. The number of carboxylic acid groups (broad SMARTS) is 1. The highest BCUT2D eigenvalue weighted by Gasteiger charge is 2.37. The molecule has 10 heteroatoms. The maximum atomic E-state index is 13.4. The van der Waals surface area contributed by atoms with Crippen molar-refractivity contribution in [3.63, 3.8) is 0 Å². The largest absolute Gasteiger partial charge is 0.493 e. The van der Waals surface area contributed by atoms with Crippen LogP contribution in [0.1, 0.15) is 77.4 Å². The first-order chi connectivity index (χ1) is 18.5. The van der Waals surface area contributed by atoms with Crippen LogP contribution < -0.4 is 15.0 Å². The lowest BCUT2D eigenvalue weighted by atomic mass is 9.76. The molecule has 4 rings (SSSR count). The summed E-state index contributed by atoms with van der Waals surface area (Å²) in [5.74, 6) is -0.846. The van der Waals surface area contributed by atoms with Gasteiger partial charge in [-0.1, -0.05) is 13.8 Å². The third kappa shape index (κ3) is 5.50. The Kier molecular flexibility index (Phi) is 7.76. The number of amidine groups is 1. The molecule has 2 aliphatic heterocycles. The zero-order valence-corrected chi connectivity index (χ0v) is 22.7. The molecule has 0 spiro atoms. The summed E-state index contributed by atoms with van der Waals surface area (Å²) in [6.07, 6.45) is 0.568. The average Bonchev–Trinajstić information content (AvgIpc) is 3.18. The van der Waals surface area contributed by atoms with Gasteiger partial charge in [0.05, 0.1) is 18.7 Å². The standard InChI is InChI=1S/C29H34N4O6/c1-5-39-24-12-18-15-32(27(30)19(18)13-20(24)28(38)31-4)16-23(34)17-8-9-22-21(11-17)29(2,3)14-25(35)33(22)10-6-7-26(36)37/h8-9,11-13,30H,5-7,10,14-16H2,1-4H3,(H,31,38)(H,36,37). The van der Waals surface area contributed by atoms with Crippen molar-refractivity contribution in [3.8, 4) is 5.75 Å². The van der Waals surface area contributed by atoms with Crippen molar-refractivity contribution in [1.29, 1.82) is 5.41 Å². The van der Waals surface area contributed by atoms with Gasteiger partial charge < -0.3 is 25.0 Å². The van der Waals surface area contributed by atoms with E-state index in [9.17, 15) is 19.2 Å². The summed E-state index contributed by atoms with van der Waals surface area (Å²) in [5.41, 5.74) is 3.29. The number of hydrogen-bond acceptors (Lipinski definition) is 6. The molecule has 0 fully saturated rings. The average molecular weight is 535 g/mol. The zero-order chi connectivity index (χ0) is 28.5. The Morgan fingerprint density at radius 3 is 2.59 bits per heavy atom. The van der Waals surface area contributed by atoms with Crippen LogP contribution in [0, 0.1) is 5.41 Å². The van der Waals surface area contributed by atoms with Gasteiger partial charge in [0.2, 0.25) is 5.91 Å². The first kappa shape index (κ1) is 27.8. The molecular weight excluding hydrogens is 500 g/mol. The van der Waals surface area contributed by atoms with E-state index in [1.807, 2.05) is 26.8 Å². The van der Waals surface area contributed by atoms with Crippen molar-refractivity contribution >= 4 is 35.1 Å². The van der Waals surface area contributed by atoms with Crippen LogP contribution in [-0.4, -0.2) is 66.2 Å². The van der Waals surface area contributed by atoms with E-state index in [0.29, 0.717) is 54.2 Å². The molecule has 2 aliphatic rings. The van der Waals surface area contributed by atoms with Gasteiger partial charge in [-0.15, -0.1) is 0 Å². The number of amides is 2. The molecule has 2 aromatic rings. The van der Waals surface area contributed by atoms with Crippen molar-refractivity contribution in [2.24, 2.45) is 0 Å². The molecule has 2 aromatic carbocycles. The van der Waals surface area contributed by atoms with Gasteiger partial charge in [-0.3, -0.25) is 24.6 Å². The maximum Gasteiger partial charge on any atom is 0.303 e. The van der Waals surface area contributed by atoms with E-state index in [0.717, 1.165) is 11.1 Å². The van der Waals surface area contributed by atoms with Crippen LogP contribution in [0.25, 0.3) is 0 Å². The van der Waals surface area contributed by atoms with Crippen LogP contribution in [0.4, 0.5) is 5.69 Å². The Morgan fingerprint density at radius 1 is 1.18 bits per heavy atom. The molecule has 0 radical (unpaired) electrons. The van der Waals surface area contributed by atoms with E-state index in [1.165, 1.54) is 7.05 Å². The predicted molar refractivity (Wildman–Crippen MR) is 146 cm³/mol. The number of Topliss-reactive ketones (excluding diaryl/α,β-unsaturated/α-hetero) is 1. The van der Waals surface area contributed by atoms with Crippen molar-refractivity contribution < 1.29 is 29.0 Å². The Balaban J connectivity index is 1.56. The van der Waals surface area contributed by atoms with Crippen LogP contribution in [0.5, 0.6) is 5.75 Å². The number of carbonyl (C=O) groups is 4. The van der Waals surface area contributed by atoms with Crippen LogP contribution in [0.3, 0.4) is 0 Å². The highest BCUT2D eigenvalue weighted by molar-refractivity contribution is 6.08. The number of hydrogen-bond donors (Lipinski definition) is 3. The summed E-state index contributed by atoms with van der Waals surface area (Å²) in [7, 11) is 1.53. The summed E-state index contributed by atoms with van der Waals surface area (Å²) < 4.78 is 5.66.